The van der Waals surface area contributed by atoms with Crippen LogP contribution in [0.3, 0.4) is 0 Å². The van der Waals surface area contributed by atoms with Gasteiger partial charge < -0.3 is 15.4 Å². The molecule has 3 N–H and O–H groups in total. The normalized spacial score (nSPS) is 12.4. The fourth-order valence-electron chi connectivity index (χ4n) is 2.38. The van der Waals surface area contributed by atoms with Gasteiger partial charge in [0.25, 0.3) is 5.91 Å². The summed E-state index contributed by atoms with van der Waals surface area (Å²) in [5.74, 6) is -0.287. The van der Waals surface area contributed by atoms with Crippen LogP contribution in [0, 0.1) is 11.7 Å². The van der Waals surface area contributed by atoms with Crippen LogP contribution in [0.1, 0.15) is 30.6 Å². The first kappa shape index (κ1) is 16.2. The van der Waals surface area contributed by atoms with Gasteiger partial charge in [-0.15, -0.1) is 0 Å². The Balaban J connectivity index is 2.21. The van der Waals surface area contributed by atoms with E-state index in [1.54, 1.807) is 24.5 Å². The second kappa shape index (κ2) is 7.22. The van der Waals surface area contributed by atoms with Crippen LogP contribution in [-0.4, -0.2) is 28.6 Å². The number of aliphatic hydroxyl groups is 1. The fraction of sp³-hybridized carbons (Fsp3) is 0.353. The quantitative estimate of drug-likeness (QED) is 0.768. The molecule has 2 rings (SSSR count). The molecular weight excluding hydrogens is 283 g/mol. The molecule has 1 unspecified atom stereocenters. The Morgan fingerprint density at radius 2 is 1.95 bits per heavy atom. The van der Waals surface area contributed by atoms with Crippen molar-refractivity contribution in [3.63, 3.8) is 0 Å². The fourth-order valence-corrected chi connectivity index (χ4v) is 2.38. The Morgan fingerprint density at radius 3 is 2.55 bits per heavy atom. The van der Waals surface area contributed by atoms with E-state index in [0.717, 1.165) is 11.1 Å². The van der Waals surface area contributed by atoms with Crippen molar-refractivity contribution in [2.45, 2.75) is 26.3 Å². The summed E-state index contributed by atoms with van der Waals surface area (Å²) in [6, 6.07) is 5.93. The lowest BCUT2D eigenvalue weighted by molar-refractivity contribution is 0.0917. The minimum Gasteiger partial charge on any atom is -0.396 e. The largest absolute Gasteiger partial charge is 0.396 e. The summed E-state index contributed by atoms with van der Waals surface area (Å²) in [4.78, 5) is 15.4. The lowest BCUT2D eigenvalue weighted by atomic mass is 9.99. The number of amides is 1. The molecule has 1 aromatic heterocycles. The van der Waals surface area contributed by atoms with E-state index >= 15 is 0 Å². The highest BCUT2D eigenvalue weighted by Gasteiger charge is 2.19. The second-order valence-electron chi connectivity index (χ2n) is 5.63. The second-order valence-corrected chi connectivity index (χ2v) is 5.63. The minimum atomic E-state index is -0.312. The first-order valence-corrected chi connectivity index (χ1v) is 7.37. The summed E-state index contributed by atoms with van der Waals surface area (Å²) in [5.41, 5.74) is 2.01. The molecule has 0 aliphatic rings. The highest BCUT2D eigenvalue weighted by atomic mass is 19.1. The third-order valence-electron chi connectivity index (χ3n) is 3.71. The van der Waals surface area contributed by atoms with Gasteiger partial charge in [-0.2, -0.15) is 0 Å². The van der Waals surface area contributed by atoms with Crippen LogP contribution in [-0.2, 0) is 0 Å². The number of nitrogens with one attached hydrogen (secondary N) is 2. The molecular formula is C17H21FN2O2. The Bertz CT molecular complexity index is 620. The number of carbonyl (C=O) groups is 1. The number of aromatic amines is 1. The van der Waals surface area contributed by atoms with Crippen molar-refractivity contribution in [1.29, 1.82) is 0 Å². The Morgan fingerprint density at radius 1 is 1.27 bits per heavy atom. The highest BCUT2D eigenvalue weighted by molar-refractivity contribution is 6.00. The molecule has 22 heavy (non-hydrogen) atoms. The van der Waals surface area contributed by atoms with Gasteiger partial charge in [0.05, 0.1) is 5.56 Å². The van der Waals surface area contributed by atoms with E-state index in [4.69, 9.17) is 5.11 Å². The SMILES string of the molecule is CC(C)C(CCO)NC(=O)c1c[nH]cc1-c1ccc(F)cc1. The van der Waals surface area contributed by atoms with E-state index in [0.29, 0.717) is 12.0 Å². The van der Waals surface area contributed by atoms with E-state index in [-0.39, 0.29) is 30.3 Å². The number of aliphatic hydroxyl groups excluding tert-OH is 1. The van der Waals surface area contributed by atoms with Crippen molar-refractivity contribution in [3.05, 3.63) is 48.0 Å². The molecule has 1 heterocycles. The number of rotatable bonds is 6. The monoisotopic (exact) mass is 304 g/mol. The van der Waals surface area contributed by atoms with Crippen LogP contribution in [0.25, 0.3) is 11.1 Å². The van der Waals surface area contributed by atoms with Crippen LogP contribution < -0.4 is 5.32 Å². The maximum Gasteiger partial charge on any atom is 0.253 e. The highest BCUT2D eigenvalue weighted by Crippen LogP contribution is 2.24. The van der Waals surface area contributed by atoms with Crippen LogP contribution in [0.2, 0.25) is 0 Å². The van der Waals surface area contributed by atoms with Crippen LogP contribution in [0.5, 0.6) is 0 Å². The number of hydrogen-bond donors (Lipinski definition) is 3. The Kier molecular flexibility index (Phi) is 5.33. The van der Waals surface area contributed by atoms with Gasteiger partial charge >= 0.3 is 0 Å². The average molecular weight is 304 g/mol. The summed E-state index contributed by atoms with van der Waals surface area (Å²) in [6.07, 6.45) is 3.86. The molecule has 2 aromatic rings. The first-order valence-electron chi connectivity index (χ1n) is 7.37. The number of benzene rings is 1. The van der Waals surface area contributed by atoms with Gasteiger partial charge in [-0.1, -0.05) is 26.0 Å². The van der Waals surface area contributed by atoms with Gasteiger partial charge in [-0.3, -0.25) is 4.79 Å². The predicted octanol–water partition coefficient (Wildman–Crippen LogP) is 2.96. The maximum atomic E-state index is 13.0. The molecule has 5 heteroatoms. The van der Waals surface area contributed by atoms with Crippen LogP contribution in [0.4, 0.5) is 4.39 Å². The first-order chi connectivity index (χ1) is 10.5. The molecule has 1 aromatic carbocycles. The summed E-state index contributed by atoms with van der Waals surface area (Å²) in [7, 11) is 0. The molecule has 0 saturated carbocycles. The number of halogens is 1. The average Bonchev–Trinajstić information content (AvgIpc) is 2.97. The molecule has 0 radical (unpaired) electrons. The molecule has 0 spiro atoms. The van der Waals surface area contributed by atoms with Crippen molar-refractivity contribution >= 4 is 5.91 Å². The Labute approximate surface area is 129 Å². The number of H-pyrrole nitrogens is 1. The lowest BCUT2D eigenvalue weighted by Crippen LogP contribution is -2.39. The molecule has 0 saturated heterocycles. The Hall–Kier alpha value is -2.14. The summed E-state index contributed by atoms with van der Waals surface area (Å²) < 4.78 is 13.0. The molecule has 1 amide bonds. The summed E-state index contributed by atoms with van der Waals surface area (Å²) in [5, 5.41) is 12.0. The molecule has 118 valence electrons. The van der Waals surface area contributed by atoms with Gasteiger partial charge in [0.2, 0.25) is 0 Å². The van der Waals surface area contributed by atoms with Crippen LogP contribution >= 0.6 is 0 Å². The predicted molar refractivity (Wildman–Crippen MR) is 84.0 cm³/mol. The standard InChI is InChI=1S/C17H21FN2O2/c1-11(2)16(7-8-21)20-17(22)15-10-19-9-14(15)12-3-5-13(18)6-4-12/h3-6,9-11,16,19,21H,7-8H2,1-2H3,(H,20,22). The van der Waals surface area contributed by atoms with E-state index in [9.17, 15) is 9.18 Å². The van der Waals surface area contributed by atoms with Crippen molar-refractivity contribution in [2.24, 2.45) is 5.92 Å². The maximum absolute atomic E-state index is 13.0. The van der Waals surface area contributed by atoms with E-state index in [1.807, 2.05) is 13.8 Å². The van der Waals surface area contributed by atoms with Gasteiger partial charge in [-0.05, 0) is 30.0 Å². The number of aromatic nitrogens is 1. The lowest BCUT2D eigenvalue weighted by Gasteiger charge is -2.21. The minimum absolute atomic E-state index is 0.0289. The van der Waals surface area contributed by atoms with Crippen molar-refractivity contribution < 1.29 is 14.3 Å². The van der Waals surface area contributed by atoms with Crippen molar-refractivity contribution in [3.8, 4) is 11.1 Å². The summed E-state index contributed by atoms with van der Waals surface area (Å²) in [6.45, 7) is 4.03. The van der Waals surface area contributed by atoms with Crippen LogP contribution in [0.15, 0.2) is 36.7 Å². The zero-order chi connectivity index (χ0) is 16.1. The van der Waals surface area contributed by atoms with Crippen molar-refractivity contribution in [1.82, 2.24) is 10.3 Å². The van der Waals surface area contributed by atoms with Crippen molar-refractivity contribution in [2.75, 3.05) is 6.61 Å². The molecule has 1 atom stereocenters. The molecule has 0 aliphatic carbocycles. The van der Waals surface area contributed by atoms with E-state index in [1.165, 1.54) is 12.1 Å². The van der Waals surface area contributed by atoms with Gasteiger partial charge in [-0.25, -0.2) is 4.39 Å². The van der Waals surface area contributed by atoms with E-state index < -0.39 is 0 Å². The third kappa shape index (κ3) is 3.74. The number of carbonyl (C=O) groups excluding carboxylic acids is 1. The third-order valence-corrected chi connectivity index (χ3v) is 3.71. The molecule has 0 bridgehead atoms. The van der Waals surface area contributed by atoms with Gasteiger partial charge in [0.1, 0.15) is 5.82 Å². The molecule has 4 nitrogen and oxygen atoms in total. The van der Waals surface area contributed by atoms with Gasteiger partial charge in [0, 0.05) is 30.6 Å². The summed E-state index contributed by atoms with van der Waals surface area (Å²) >= 11 is 0. The molecule has 0 aliphatic heterocycles. The molecule has 0 fully saturated rings. The smallest absolute Gasteiger partial charge is 0.253 e. The number of hydrogen-bond acceptors (Lipinski definition) is 2. The van der Waals surface area contributed by atoms with Gasteiger partial charge in [0.15, 0.2) is 0 Å². The topological polar surface area (TPSA) is 65.1 Å². The zero-order valence-electron chi connectivity index (χ0n) is 12.8. The zero-order valence-corrected chi connectivity index (χ0v) is 12.8. The van der Waals surface area contributed by atoms with E-state index in [2.05, 4.69) is 10.3 Å².